The van der Waals surface area contributed by atoms with Crippen molar-refractivity contribution in [2.75, 3.05) is 0 Å². The minimum atomic E-state index is -1.68. The van der Waals surface area contributed by atoms with Crippen LogP contribution in [0.4, 0.5) is 0 Å². The number of hydrogen-bond donors (Lipinski definition) is 1. The maximum absolute atomic E-state index is 10.2. The fourth-order valence-electron chi connectivity index (χ4n) is 2.71. The fraction of sp³-hybridized carbons (Fsp3) is 1.00. The van der Waals surface area contributed by atoms with Crippen LogP contribution >= 0.6 is 0 Å². The van der Waals surface area contributed by atoms with Crippen LogP contribution in [0.1, 0.15) is 66.2 Å². The zero-order valence-corrected chi connectivity index (χ0v) is 14.8. The molecule has 0 heterocycles. The van der Waals surface area contributed by atoms with Gasteiger partial charge in [-0.2, -0.15) is 0 Å². The first-order chi connectivity index (χ1) is 8.67. The van der Waals surface area contributed by atoms with Gasteiger partial charge in [-0.3, -0.25) is 0 Å². The van der Waals surface area contributed by atoms with Crippen LogP contribution in [0.2, 0.25) is 18.1 Å². The average molecular weight is 287 g/mol. The van der Waals surface area contributed by atoms with Gasteiger partial charge in [-0.05, 0) is 43.3 Å². The van der Waals surface area contributed by atoms with E-state index in [4.69, 9.17) is 4.43 Å². The van der Waals surface area contributed by atoms with E-state index >= 15 is 0 Å². The van der Waals surface area contributed by atoms with E-state index in [-0.39, 0.29) is 11.1 Å². The molecule has 3 atom stereocenters. The van der Waals surface area contributed by atoms with Crippen LogP contribution in [-0.2, 0) is 4.43 Å². The molecule has 0 aromatic heterocycles. The second kappa shape index (κ2) is 6.73. The Kier molecular flexibility index (Phi) is 6.09. The van der Waals surface area contributed by atoms with Gasteiger partial charge in [0.05, 0.1) is 6.10 Å². The highest BCUT2D eigenvalue weighted by atomic mass is 28.4. The minimum absolute atomic E-state index is 0.133. The molecule has 0 aromatic carbocycles. The third kappa shape index (κ3) is 4.87. The Labute approximate surface area is 121 Å². The summed E-state index contributed by atoms with van der Waals surface area (Å²) in [6.45, 7) is 13.7. The number of hydrogen-bond acceptors (Lipinski definition) is 2. The van der Waals surface area contributed by atoms with Crippen molar-refractivity contribution >= 4 is 8.32 Å². The Balaban J connectivity index is 2.46. The molecule has 0 saturated heterocycles. The predicted octanol–water partition coefficient (Wildman–Crippen LogP) is 4.73. The van der Waals surface area contributed by atoms with Gasteiger partial charge in [0.25, 0.3) is 0 Å². The highest BCUT2D eigenvalue weighted by Gasteiger charge is 2.42. The van der Waals surface area contributed by atoms with Crippen LogP contribution in [-0.4, -0.2) is 25.6 Å². The molecule has 0 bridgehead atoms. The monoisotopic (exact) mass is 286 g/mol. The zero-order valence-electron chi connectivity index (χ0n) is 13.8. The maximum Gasteiger partial charge on any atom is 0.192 e. The van der Waals surface area contributed by atoms with Crippen molar-refractivity contribution in [2.45, 2.75) is 96.6 Å². The lowest BCUT2D eigenvalue weighted by Gasteiger charge is -2.38. The zero-order chi connectivity index (χ0) is 14.7. The summed E-state index contributed by atoms with van der Waals surface area (Å²) in [5, 5.41) is 10.5. The van der Waals surface area contributed by atoms with Crippen molar-refractivity contribution in [1.82, 2.24) is 0 Å². The molecular weight excluding hydrogens is 252 g/mol. The lowest BCUT2D eigenvalue weighted by atomic mass is 9.98. The molecule has 19 heavy (non-hydrogen) atoms. The smallest absolute Gasteiger partial charge is 0.192 e. The van der Waals surface area contributed by atoms with E-state index in [1.54, 1.807) is 0 Å². The molecule has 0 amide bonds. The Morgan fingerprint density at radius 2 is 1.79 bits per heavy atom. The summed E-state index contributed by atoms with van der Waals surface area (Å²) in [6, 6.07) is 0. The van der Waals surface area contributed by atoms with Crippen LogP contribution in [0.3, 0.4) is 0 Å². The predicted molar refractivity (Wildman–Crippen MR) is 84.9 cm³/mol. The minimum Gasteiger partial charge on any atom is -0.414 e. The van der Waals surface area contributed by atoms with Crippen molar-refractivity contribution in [3.8, 4) is 0 Å². The van der Waals surface area contributed by atoms with Crippen molar-refractivity contribution < 1.29 is 9.53 Å². The van der Waals surface area contributed by atoms with Gasteiger partial charge in [0.15, 0.2) is 8.32 Å². The molecule has 3 heteroatoms. The van der Waals surface area contributed by atoms with E-state index in [1.807, 2.05) is 0 Å². The molecule has 0 aliphatic heterocycles. The normalized spacial score (nSPS) is 28.9. The third-order valence-electron chi connectivity index (χ3n) is 5.06. The Morgan fingerprint density at radius 3 is 2.32 bits per heavy atom. The third-order valence-corrected chi connectivity index (χ3v) is 9.60. The van der Waals surface area contributed by atoms with E-state index in [9.17, 15) is 5.11 Å². The number of unbranched alkanes of at least 4 members (excludes halogenated alkanes) is 2. The van der Waals surface area contributed by atoms with Crippen LogP contribution in [0.15, 0.2) is 0 Å². The summed E-state index contributed by atoms with van der Waals surface area (Å²) in [4.78, 5) is 0. The first kappa shape index (κ1) is 17.2. The summed E-state index contributed by atoms with van der Waals surface area (Å²) in [5.74, 6) is 0.473. The Morgan fingerprint density at radius 1 is 1.16 bits per heavy atom. The highest BCUT2D eigenvalue weighted by Crippen LogP contribution is 2.41. The number of aliphatic hydroxyl groups is 1. The van der Waals surface area contributed by atoms with Crippen LogP contribution in [0.25, 0.3) is 0 Å². The van der Waals surface area contributed by atoms with E-state index in [1.165, 1.54) is 25.7 Å². The molecule has 1 unspecified atom stereocenters. The van der Waals surface area contributed by atoms with Crippen LogP contribution in [0, 0.1) is 5.92 Å². The first-order valence-corrected chi connectivity index (χ1v) is 10.9. The summed E-state index contributed by atoms with van der Waals surface area (Å²) >= 11 is 0. The van der Waals surface area contributed by atoms with E-state index in [0.29, 0.717) is 12.0 Å². The van der Waals surface area contributed by atoms with Gasteiger partial charge in [-0.1, -0.05) is 47.0 Å². The van der Waals surface area contributed by atoms with Crippen LogP contribution < -0.4 is 0 Å². The van der Waals surface area contributed by atoms with E-state index in [0.717, 1.165) is 12.8 Å². The second-order valence-corrected chi connectivity index (χ2v) is 12.6. The molecule has 1 aliphatic rings. The lowest BCUT2D eigenvalue weighted by molar-refractivity contribution is 0.117. The maximum atomic E-state index is 10.2. The topological polar surface area (TPSA) is 29.5 Å². The number of aliphatic hydroxyl groups excluding tert-OH is 1. The molecule has 1 saturated carbocycles. The molecule has 2 nitrogen and oxygen atoms in total. The summed E-state index contributed by atoms with van der Waals surface area (Å²) in [6.07, 6.45) is 7.05. The van der Waals surface area contributed by atoms with E-state index < -0.39 is 8.32 Å². The standard InChI is InChI=1S/C16H34O2Si/c1-7-8-9-10-13-11-14(12-15(13)17)18-19(5,6)16(2,3)4/h13-15,17H,7-12H2,1-6H3/t13-,14?,15-/m1/s1. The molecule has 0 spiro atoms. The summed E-state index contributed by atoms with van der Waals surface area (Å²) < 4.78 is 6.45. The molecule has 1 fully saturated rings. The van der Waals surface area contributed by atoms with Gasteiger partial charge in [-0.15, -0.1) is 0 Å². The van der Waals surface area contributed by atoms with Crippen molar-refractivity contribution in [2.24, 2.45) is 5.92 Å². The lowest BCUT2D eigenvalue weighted by Crippen LogP contribution is -2.43. The van der Waals surface area contributed by atoms with Crippen LogP contribution in [0.5, 0.6) is 0 Å². The second-order valence-electron chi connectivity index (χ2n) is 7.79. The SMILES string of the molecule is CCCCC[C@@H]1CC(O[Si](C)(C)C(C)(C)C)C[C@H]1O. The highest BCUT2D eigenvalue weighted by molar-refractivity contribution is 6.74. The van der Waals surface area contributed by atoms with Crippen molar-refractivity contribution in [3.63, 3.8) is 0 Å². The largest absolute Gasteiger partial charge is 0.414 e. The first-order valence-electron chi connectivity index (χ1n) is 8.03. The van der Waals surface area contributed by atoms with Gasteiger partial charge >= 0.3 is 0 Å². The van der Waals surface area contributed by atoms with Gasteiger partial charge in [0.2, 0.25) is 0 Å². The molecule has 114 valence electrons. The number of rotatable bonds is 6. The molecule has 1 N–H and O–H groups in total. The molecular formula is C16H34O2Si. The molecule has 0 radical (unpaired) electrons. The molecule has 1 rings (SSSR count). The van der Waals surface area contributed by atoms with Gasteiger partial charge in [-0.25, -0.2) is 0 Å². The fourth-order valence-corrected chi connectivity index (χ4v) is 4.09. The molecule has 1 aliphatic carbocycles. The summed E-state index contributed by atoms with van der Waals surface area (Å²) in [7, 11) is -1.68. The van der Waals surface area contributed by atoms with Gasteiger partial charge in [0, 0.05) is 6.10 Å². The summed E-state index contributed by atoms with van der Waals surface area (Å²) in [5.41, 5.74) is 0. The Hall–Kier alpha value is 0.137. The average Bonchev–Trinajstić information content (AvgIpc) is 2.57. The van der Waals surface area contributed by atoms with Gasteiger partial charge < -0.3 is 9.53 Å². The van der Waals surface area contributed by atoms with Gasteiger partial charge in [0.1, 0.15) is 0 Å². The quantitative estimate of drug-likeness (QED) is 0.565. The van der Waals surface area contributed by atoms with Crippen molar-refractivity contribution in [3.05, 3.63) is 0 Å². The van der Waals surface area contributed by atoms with Crippen molar-refractivity contribution in [1.29, 1.82) is 0 Å². The van der Waals surface area contributed by atoms with E-state index in [2.05, 4.69) is 40.8 Å². The Bertz CT molecular complexity index is 270. The molecule has 0 aromatic rings.